The number of rotatable bonds is 4. The fourth-order valence-electron chi connectivity index (χ4n) is 1.76. The number of halogens is 1. The van der Waals surface area contributed by atoms with Gasteiger partial charge >= 0.3 is 0 Å². The highest BCUT2D eigenvalue weighted by atomic mass is 19.1. The van der Waals surface area contributed by atoms with Gasteiger partial charge in [-0.05, 0) is 29.8 Å². The van der Waals surface area contributed by atoms with E-state index in [-0.39, 0.29) is 5.82 Å². The minimum atomic E-state index is -0.229. The average Bonchev–Trinajstić information content (AvgIpc) is 3.01. The molecular weight excluding hydrogens is 257 g/mol. The van der Waals surface area contributed by atoms with Gasteiger partial charge in [0.05, 0.1) is 11.9 Å². The van der Waals surface area contributed by atoms with Gasteiger partial charge in [-0.2, -0.15) is 5.10 Å². The summed E-state index contributed by atoms with van der Waals surface area (Å²) in [5.74, 6) is 0.474. The Bertz CT molecular complexity index is 662. The van der Waals surface area contributed by atoms with Gasteiger partial charge in [-0.3, -0.25) is 0 Å². The zero-order chi connectivity index (χ0) is 13.8. The molecule has 0 bridgehead atoms. The van der Waals surface area contributed by atoms with Crippen molar-refractivity contribution in [3.05, 3.63) is 66.6 Å². The number of pyridine rings is 1. The Morgan fingerprint density at radius 2 is 1.95 bits per heavy atom. The van der Waals surface area contributed by atoms with Gasteiger partial charge in [0.25, 0.3) is 0 Å². The van der Waals surface area contributed by atoms with Crippen molar-refractivity contribution in [2.75, 3.05) is 5.32 Å². The molecule has 0 fully saturated rings. The van der Waals surface area contributed by atoms with Gasteiger partial charge in [0.15, 0.2) is 5.82 Å². The van der Waals surface area contributed by atoms with Crippen LogP contribution in [0.1, 0.15) is 5.56 Å². The minimum absolute atomic E-state index is 0.229. The molecule has 0 saturated heterocycles. The lowest BCUT2D eigenvalue weighted by Gasteiger charge is -2.07. The van der Waals surface area contributed by atoms with Crippen molar-refractivity contribution in [3.8, 4) is 5.82 Å². The highest BCUT2D eigenvalue weighted by molar-refractivity contribution is 5.44. The predicted octanol–water partition coefficient (Wildman–Crippen LogP) is 2.41. The monoisotopic (exact) mass is 269 g/mol. The molecule has 1 N–H and O–H groups in total. The molecule has 0 spiro atoms. The van der Waals surface area contributed by atoms with Crippen LogP contribution in [0.15, 0.2) is 55.2 Å². The molecule has 2 heterocycles. The van der Waals surface area contributed by atoms with Gasteiger partial charge in [-0.15, -0.1) is 0 Å². The van der Waals surface area contributed by atoms with E-state index in [1.807, 2.05) is 12.1 Å². The van der Waals surface area contributed by atoms with Crippen molar-refractivity contribution in [2.24, 2.45) is 0 Å². The fourth-order valence-corrected chi connectivity index (χ4v) is 1.76. The van der Waals surface area contributed by atoms with E-state index in [1.165, 1.54) is 18.5 Å². The summed E-state index contributed by atoms with van der Waals surface area (Å²) in [6, 6.07) is 10.2. The van der Waals surface area contributed by atoms with Crippen LogP contribution in [-0.4, -0.2) is 19.7 Å². The smallest absolute Gasteiger partial charge is 0.155 e. The van der Waals surface area contributed by atoms with Crippen molar-refractivity contribution >= 4 is 5.69 Å². The van der Waals surface area contributed by atoms with Crippen molar-refractivity contribution in [2.45, 2.75) is 6.54 Å². The van der Waals surface area contributed by atoms with Crippen LogP contribution in [0.3, 0.4) is 0 Å². The maximum absolute atomic E-state index is 12.8. The number of nitrogens with zero attached hydrogens (tertiary/aromatic N) is 4. The molecule has 0 amide bonds. The maximum Gasteiger partial charge on any atom is 0.155 e. The standard InChI is InChI=1S/C14H12FN5/c15-12-3-1-11(2-4-12)7-17-13-5-6-14(18-8-13)20-10-16-9-19-20/h1-6,8-10,17H,7H2. The molecule has 1 aromatic carbocycles. The van der Waals surface area contributed by atoms with Crippen LogP contribution >= 0.6 is 0 Å². The fraction of sp³-hybridized carbons (Fsp3) is 0.0714. The van der Waals surface area contributed by atoms with Crippen molar-refractivity contribution in [1.82, 2.24) is 19.7 Å². The Labute approximate surface area is 115 Å². The van der Waals surface area contributed by atoms with Crippen LogP contribution in [0, 0.1) is 5.82 Å². The van der Waals surface area contributed by atoms with E-state index in [0.29, 0.717) is 12.4 Å². The Hall–Kier alpha value is -2.76. The van der Waals surface area contributed by atoms with E-state index in [9.17, 15) is 4.39 Å². The SMILES string of the molecule is Fc1ccc(CNc2ccc(-n3cncn3)nc2)cc1. The Kier molecular flexibility index (Phi) is 3.36. The summed E-state index contributed by atoms with van der Waals surface area (Å²) in [5.41, 5.74) is 1.89. The maximum atomic E-state index is 12.8. The summed E-state index contributed by atoms with van der Waals surface area (Å²) in [6.07, 6.45) is 4.77. The molecule has 3 aromatic rings. The number of benzene rings is 1. The number of hydrogen-bond acceptors (Lipinski definition) is 4. The van der Waals surface area contributed by atoms with Gasteiger partial charge in [-0.1, -0.05) is 12.1 Å². The first-order valence-corrected chi connectivity index (χ1v) is 6.11. The van der Waals surface area contributed by atoms with Crippen LogP contribution in [0.5, 0.6) is 0 Å². The highest BCUT2D eigenvalue weighted by Gasteiger charge is 1.99. The van der Waals surface area contributed by atoms with Gasteiger partial charge in [0, 0.05) is 6.54 Å². The molecule has 6 heteroatoms. The first-order valence-electron chi connectivity index (χ1n) is 6.11. The summed E-state index contributed by atoms with van der Waals surface area (Å²) in [6.45, 7) is 0.616. The van der Waals surface area contributed by atoms with Crippen LogP contribution in [0.25, 0.3) is 5.82 Å². The molecule has 100 valence electrons. The summed E-state index contributed by atoms with van der Waals surface area (Å²) < 4.78 is 14.4. The topological polar surface area (TPSA) is 55.6 Å². The third kappa shape index (κ3) is 2.80. The van der Waals surface area contributed by atoms with Crippen molar-refractivity contribution in [3.63, 3.8) is 0 Å². The number of hydrogen-bond donors (Lipinski definition) is 1. The summed E-state index contributed by atoms with van der Waals surface area (Å²) >= 11 is 0. The highest BCUT2D eigenvalue weighted by Crippen LogP contribution is 2.11. The van der Waals surface area contributed by atoms with E-state index in [1.54, 1.807) is 29.3 Å². The molecule has 0 aliphatic rings. The van der Waals surface area contributed by atoms with E-state index < -0.39 is 0 Å². The van der Waals surface area contributed by atoms with Gasteiger partial charge in [0.2, 0.25) is 0 Å². The first-order chi connectivity index (χ1) is 9.81. The lowest BCUT2D eigenvalue weighted by atomic mass is 10.2. The van der Waals surface area contributed by atoms with E-state index >= 15 is 0 Å². The second-order valence-corrected chi connectivity index (χ2v) is 4.23. The summed E-state index contributed by atoms with van der Waals surface area (Å²) in [5, 5.41) is 7.23. The molecule has 5 nitrogen and oxygen atoms in total. The van der Waals surface area contributed by atoms with Crippen LogP contribution < -0.4 is 5.32 Å². The molecule has 3 rings (SSSR count). The number of nitrogens with one attached hydrogen (secondary N) is 1. The third-order valence-corrected chi connectivity index (χ3v) is 2.81. The summed E-state index contributed by atoms with van der Waals surface area (Å²) in [4.78, 5) is 8.16. The molecule has 0 aliphatic carbocycles. The number of aromatic nitrogens is 4. The van der Waals surface area contributed by atoms with E-state index in [4.69, 9.17) is 0 Å². The van der Waals surface area contributed by atoms with Crippen LogP contribution in [0.4, 0.5) is 10.1 Å². The largest absolute Gasteiger partial charge is 0.380 e. The second kappa shape index (κ2) is 5.48. The number of anilines is 1. The quantitative estimate of drug-likeness (QED) is 0.790. The van der Waals surface area contributed by atoms with Crippen molar-refractivity contribution < 1.29 is 4.39 Å². The zero-order valence-electron chi connectivity index (χ0n) is 10.6. The first kappa shape index (κ1) is 12.3. The average molecular weight is 269 g/mol. The van der Waals surface area contributed by atoms with E-state index in [0.717, 1.165) is 11.3 Å². The molecule has 2 aromatic heterocycles. The molecular formula is C14H12FN5. The second-order valence-electron chi connectivity index (χ2n) is 4.23. The van der Waals surface area contributed by atoms with E-state index in [2.05, 4.69) is 20.4 Å². The Morgan fingerprint density at radius 1 is 1.10 bits per heavy atom. The van der Waals surface area contributed by atoms with Crippen molar-refractivity contribution in [1.29, 1.82) is 0 Å². The Morgan fingerprint density at radius 3 is 2.60 bits per heavy atom. The van der Waals surface area contributed by atoms with Crippen LogP contribution in [0.2, 0.25) is 0 Å². The van der Waals surface area contributed by atoms with Gasteiger partial charge in [0.1, 0.15) is 18.5 Å². The van der Waals surface area contributed by atoms with Gasteiger partial charge < -0.3 is 5.32 Å². The normalized spacial score (nSPS) is 10.4. The lowest BCUT2D eigenvalue weighted by molar-refractivity contribution is 0.627. The Balaban J connectivity index is 1.65. The molecule has 0 aliphatic heterocycles. The van der Waals surface area contributed by atoms with Gasteiger partial charge in [-0.25, -0.2) is 19.0 Å². The lowest BCUT2D eigenvalue weighted by Crippen LogP contribution is -2.02. The molecule has 0 radical (unpaired) electrons. The predicted molar refractivity (Wildman–Crippen MR) is 72.9 cm³/mol. The molecule has 0 unspecified atom stereocenters. The minimum Gasteiger partial charge on any atom is -0.380 e. The molecule has 20 heavy (non-hydrogen) atoms. The molecule has 0 atom stereocenters. The zero-order valence-corrected chi connectivity index (χ0v) is 10.6. The summed E-state index contributed by atoms with van der Waals surface area (Å²) in [7, 11) is 0. The molecule has 0 saturated carbocycles. The van der Waals surface area contributed by atoms with Crippen LogP contribution in [-0.2, 0) is 6.54 Å². The third-order valence-electron chi connectivity index (χ3n) is 2.81.